The second kappa shape index (κ2) is 4.46. The van der Waals surface area contributed by atoms with Crippen molar-refractivity contribution in [2.45, 2.75) is 19.0 Å². The predicted molar refractivity (Wildman–Crippen MR) is 72.5 cm³/mol. The number of amidine groups is 1. The molecule has 102 valence electrons. The van der Waals surface area contributed by atoms with E-state index in [4.69, 9.17) is 21.6 Å². The van der Waals surface area contributed by atoms with Crippen molar-refractivity contribution in [3.05, 3.63) is 23.8 Å². The van der Waals surface area contributed by atoms with E-state index in [1.807, 2.05) is 6.07 Å². The average Bonchev–Trinajstić information content (AvgIpc) is 3.00. The summed E-state index contributed by atoms with van der Waals surface area (Å²) in [4.78, 5) is 17.2. The minimum atomic E-state index is -0.469. The van der Waals surface area contributed by atoms with E-state index in [2.05, 4.69) is 10.9 Å². The average molecular weight is 271 g/mol. The number of benzene rings is 1. The maximum absolute atomic E-state index is 11.9. The fraction of sp³-hybridized carbons (Fsp3) is 0.286. The van der Waals surface area contributed by atoms with Crippen molar-refractivity contribution in [2.24, 2.45) is 10.7 Å². The van der Waals surface area contributed by atoms with Crippen LogP contribution in [0.25, 0.3) is 0 Å². The molecule has 6 nitrogen and oxygen atoms in total. The van der Waals surface area contributed by atoms with Crippen LogP contribution in [0, 0.1) is 12.3 Å². The molecule has 2 aliphatic heterocycles. The number of urea groups is 1. The number of ether oxygens (including phenoxy) is 2. The lowest BCUT2D eigenvalue weighted by Crippen LogP contribution is -2.38. The highest BCUT2D eigenvalue weighted by Crippen LogP contribution is 2.37. The predicted octanol–water partition coefficient (Wildman–Crippen LogP) is 1.27. The van der Waals surface area contributed by atoms with Crippen LogP contribution in [-0.4, -0.2) is 29.6 Å². The third kappa shape index (κ3) is 1.75. The fourth-order valence-electron chi connectivity index (χ4n) is 2.37. The van der Waals surface area contributed by atoms with Gasteiger partial charge in [0.15, 0.2) is 11.5 Å². The van der Waals surface area contributed by atoms with Crippen molar-refractivity contribution in [3.8, 4) is 23.8 Å². The number of carbonyl (C=O) groups is 1. The van der Waals surface area contributed by atoms with Crippen LogP contribution in [0.3, 0.4) is 0 Å². The molecule has 2 unspecified atom stereocenters. The molecule has 0 fully saturated rings. The molecule has 0 saturated heterocycles. The van der Waals surface area contributed by atoms with Gasteiger partial charge >= 0.3 is 6.03 Å². The number of amides is 2. The molecule has 0 aliphatic carbocycles. The van der Waals surface area contributed by atoms with Gasteiger partial charge in [0.1, 0.15) is 11.9 Å². The molecule has 6 heteroatoms. The minimum Gasteiger partial charge on any atom is -0.454 e. The molecule has 1 aromatic carbocycles. The molecule has 0 aromatic heterocycles. The Kier molecular flexibility index (Phi) is 2.75. The van der Waals surface area contributed by atoms with Gasteiger partial charge in [0, 0.05) is 0 Å². The number of nitrogens with two attached hydrogens (primary N) is 1. The first-order chi connectivity index (χ1) is 9.61. The smallest absolute Gasteiger partial charge is 0.347 e. The lowest BCUT2D eigenvalue weighted by Gasteiger charge is -2.27. The number of rotatable bonds is 2. The van der Waals surface area contributed by atoms with Crippen molar-refractivity contribution in [1.29, 1.82) is 0 Å². The Morgan fingerprint density at radius 3 is 3.00 bits per heavy atom. The summed E-state index contributed by atoms with van der Waals surface area (Å²) in [6.07, 6.45) is 5.41. The topological polar surface area (TPSA) is 77.2 Å². The molecule has 2 aliphatic rings. The SMILES string of the molecule is C#CC(C)N1C(=O)N=C(N)C1c1ccc2c(c1)OCO2. The Balaban J connectivity index is 2.01. The van der Waals surface area contributed by atoms with Gasteiger partial charge in [0.25, 0.3) is 0 Å². The lowest BCUT2D eigenvalue weighted by atomic mass is 10.0. The zero-order chi connectivity index (χ0) is 14.3. The Morgan fingerprint density at radius 2 is 2.25 bits per heavy atom. The van der Waals surface area contributed by atoms with E-state index in [9.17, 15) is 4.79 Å². The molecule has 1 aromatic rings. The van der Waals surface area contributed by atoms with Crippen LogP contribution in [0.1, 0.15) is 18.5 Å². The van der Waals surface area contributed by atoms with Crippen LogP contribution in [-0.2, 0) is 0 Å². The number of carbonyl (C=O) groups excluding carboxylic acids is 1. The highest BCUT2D eigenvalue weighted by Gasteiger charge is 2.37. The standard InChI is InChI=1S/C14H13N3O3/c1-3-8(2)17-12(13(15)16-14(17)18)9-4-5-10-11(6-9)20-7-19-10/h1,4-6,8,12H,7H2,2H3,(H2,15,16,18). The van der Waals surface area contributed by atoms with Gasteiger partial charge in [0.05, 0.1) is 6.04 Å². The van der Waals surface area contributed by atoms with E-state index in [0.29, 0.717) is 11.5 Å². The first kappa shape index (κ1) is 12.4. The van der Waals surface area contributed by atoms with Crippen LogP contribution in [0.2, 0.25) is 0 Å². The molecule has 2 heterocycles. The molecule has 0 spiro atoms. The summed E-state index contributed by atoms with van der Waals surface area (Å²) in [6.45, 7) is 1.95. The second-order valence-corrected chi connectivity index (χ2v) is 4.58. The molecule has 2 atom stereocenters. The maximum atomic E-state index is 11.9. The fourth-order valence-corrected chi connectivity index (χ4v) is 2.37. The number of terminal acetylenes is 1. The van der Waals surface area contributed by atoms with Crippen LogP contribution in [0.5, 0.6) is 11.5 Å². The van der Waals surface area contributed by atoms with Crippen LogP contribution in [0.4, 0.5) is 4.79 Å². The van der Waals surface area contributed by atoms with E-state index < -0.39 is 18.1 Å². The largest absolute Gasteiger partial charge is 0.454 e. The molecule has 2 N–H and O–H groups in total. The number of aliphatic imine (C=N–C) groups is 1. The van der Waals surface area contributed by atoms with Crippen LogP contribution in [0.15, 0.2) is 23.2 Å². The Morgan fingerprint density at radius 1 is 1.50 bits per heavy atom. The summed E-state index contributed by atoms with van der Waals surface area (Å²) in [6, 6.07) is 4.12. The van der Waals surface area contributed by atoms with E-state index >= 15 is 0 Å². The summed E-state index contributed by atoms with van der Waals surface area (Å²) in [5, 5.41) is 0. The van der Waals surface area contributed by atoms with Crippen molar-refractivity contribution in [1.82, 2.24) is 4.90 Å². The van der Waals surface area contributed by atoms with Crippen LogP contribution >= 0.6 is 0 Å². The van der Waals surface area contributed by atoms with E-state index in [0.717, 1.165) is 5.56 Å². The number of hydrogen-bond acceptors (Lipinski definition) is 4. The first-order valence-electron chi connectivity index (χ1n) is 6.14. The Hall–Kier alpha value is -2.68. The normalized spacial score (nSPS) is 21.6. The zero-order valence-electron chi connectivity index (χ0n) is 10.9. The molecule has 20 heavy (non-hydrogen) atoms. The highest BCUT2D eigenvalue weighted by molar-refractivity contribution is 6.03. The van der Waals surface area contributed by atoms with E-state index in [1.54, 1.807) is 19.1 Å². The highest BCUT2D eigenvalue weighted by atomic mass is 16.7. The van der Waals surface area contributed by atoms with Gasteiger partial charge in [0.2, 0.25) is 6.79 Å². The maximum Gasteiger partial charge on any atom is 0.347 e. The van der Waals surface area contributed by atoms with Crippen LogP contribution < -0.4 is 15.2 Å². The summed E-state index contributed by atoms with van der Waals surface area (Å²) in [5.74, 6) is 4.06. The van der Waals surface area contributed by atoms with E-state index in [1.165, 1.54) is 4.90 Å². The number of fused-ring (bicyclic) bond motifs is 1. The van der Waals surface area contributed by atoms with Gasteiger partial charge in [-0.3, -0.25) is 4.90 Å². The summed E-state index contributed by atoms with van der Waals surface area (Å²) in [5.41, 5.74) is 6.67. The van der Waals surface area contributed by atoms with Crippen molar-refractivity contribution < 1.29 is 14.3 Å². The van der Waals surface area contributed by atoms with Gasteiger partial charge in [-0.25, -0.2) is 4.79 Å². The molecular weight excluding hydrogens is 258 g/mol. The monoisotopic (exact) mass is 271 g/mol. The summed E-state index contributed by atoms with van der Waals surface area (Å²) < 4.78 is 10.6. The molecule has 2 amide bonds. The van der Waals surface area contributed by atoms with Gasteiger partial charge in [-0.2, -0.15) is 4.99 Å². The Bertz CT molecular complexity index is 648. The van der Waals surface area contributed by atoms with Gasteiger partial charge in [-0.1, -0.05) is 12.0 Å². The quantitative estimate of drug-likeness (QED) is 0.822. The van der Waals surface area contributed by atoms with Gasteiger partial charge in [-0.05, 0) is 24.6 Å². The molecule has 0 radical (unpaired) electrons. The third-order valence-electron chi connectivity index (χ3n) is 3.37. The van der Waals surface area contributed by atoms with Gasteiger partial charge < -0.3 is 15.2 Å². The second-order valence-electron chi connectivity index (χ2n) is 4.58. The van der Waals surface area contributed by atoms with Gasteiger partial charge in [-0.15, -0.1) is 6.42 Å². The third-order valence-corrected chi connectivity index (χ3v) is 3.37. The van der Waals surface area contributed by atoms with E-state index in [-0.39, 0.29) is 12.6 Å². The molecular formula is C14H13N3O3. The van der Waals surface area contributed by atoms with Crippen molar-refractivity contribution >= 4 is 11.9 Å². The van der Waals surface area contributed by atoms with Crippen molar-refractivity contribution in [2.75, 3.05) is 6.79 Å². The Labute approximate surface area is 116 Å². The number of nitrogens with zero attached hydrogens (tertiary/aromatic N) is 2. The lowest BCUT2D eigenvalue weighted by molar-refractivity contribution is 0.173. The first-order valence-corrected chi connectivity index (χ1v) is 6.14. The summed E-state index contributed by atoms with van der Waals surface area (Å²) >= 11 is 0. The molecule has 3 rings (SSSR count). The zero-order valence-corrected chi connectivity index (χ0v) is 10.9. The molecule has 0 bridgehead atoms. The number of hydrogen-bond donors (Lipinski definition) is 1. The summed E-state index contributed by atoms with van der Waals surface area (Å²) in [7, 11) is 0. The molecule has 0 saturated carbocycles. The van der Waals surface area contributed by atoms with Crippen molar-refractivity contribution in [3.63, 3.8) is 0 Å². The minimum absolute atomic E-state index is 0.191.